The number of hydrogen-bond acceptors (Lipinski definition) is 5. The van der Waals surface area contributed by atoms with Crippen molar-refractivity contribution in [3.8, 4) is 0 Å². The molecule has 0 spiro atoms. The smallest absolute Gasteiger partial charge is 0.273 e. The first-order valence-electron chi connectivity index (χ1n) is 10.5. The summed E-state index contributed by atoms with van der Waals surface area (Å²) in [6, 6.07) is 13.3. The van der Waals surface area contributed by atoms with E-state index in [0.29, 0.717) is 22.6 Å². The minimum atomic E-state index is -4.05. The monoisotopic (exact) mass is 450 g/mol. The minimum absolute atomic E-state index is 0.151. The fourth-order valence-electron chi connectivity index (χ4n) is 4.51. The maximum atomic E-state index is 13.2. The van der Waals surface area contributed by atoms with E-state index >= 15 is 0 Å². The lowest BCUT2D eigenvalue weighted by Gasteiger charge is -2.17. The van der Waals surface area contributed by atoms with Gasteiger partial charge in [0, 0.05) is 39.8 Å². The van der Waals surface area contributed by atoms with Gasteiger partial charge in [-0.05, 0) is 37.8 Å². The minimum Gasteiger partial charge on any atom is -0.460 e. The molecule has 1 aliphatic rings. The van der Waals surface area contributed by atoms with Crippen LogP contribution < -0.4 is 4.72 Å². The van der Waals surface area contributed by atoms with E-state index in [1.54, 1.807) is 6.92 Å². The molecule has 0 radical (unpaired) electrons. The average Bonchev–Trinajstić information content (AvgIpc) is 3.11. The first-order chi connectivity index (χ1) is 15.2. The fraction of sp³-hybridized carbons (Fsp3) is 0.250. The summed E-state index contributed by atoms with van der Waals surface area (Å²) in [5.74, 6) is 1.50. The van der Waals surface area contributed by atoms with Crippen molar-refractivity contribution in [2.45, 2.75) is 38.0 Å². The predicted molar refractivity (Wildman–Crippen MR) is 124 cm³/mol. The van der Waals surface area contributed by atoms with Crippen molar-refractivity contribution in [1.82, 2.24) is 0 Å². The number of hydrogen-bond donors (Lipinski definition) is 1. The molecule has 8 heteroatoms. The highest BCUT2D eigenvalue weighted by Crippen LogP contribution is 2.41. The summed E-state index contributed by atoms with van der Waals surface area (Å²) < 4.78 is 35.3. The van der Waals surface area contributed by atoms with Gasteiger partial charge in [-0.2, -0.15) is 0 Å². The molecule has 5 rings (SSSR count). The summed E-state index contributed by atoms with van der Waals surface area (Å²) in [5.41, 5.74) is 2.51. The lowest BCUT2D eigenvalue weighted by Crippen LogP contribution is -2.14. The molecule has 0 bridgehead atoms. The van der Waals surface area contributed by atoms with Crippen molar-refractivity contribution in [3.05, 3.63) is 75.5 Å². The van der Waals surface area contributed by atoms with E-state index in [1.165, 1.54) is 12.1 Å². The average molecular weight is 451 g/mol. The topological polar surface area (TPSA) is 102 Å². The Morgan fingerprint density at radius 2 is 1.84 bits per heavy atom. The van der Waals surface area contributed by atoms with Gasteiger partial charge in [0.25, 0.3) is 15.7 Å². The lowest BCUT2D eigenvalue weighted by atomic mass is 9.87. The predicted octanol–water partition coefficient (Wildman–Crippen LogP) is 5.73. The number of anilines is 1. The summed E-state index contributed by atoms with van der Waals surface area (Å²) >= 11 is 0. The van der Waals surface area contributed by atoms with E-state index in [9.17, 15) is 18.5 Å². The van der Waals surface area contributed by atoms with E-state index in [1.807, 2.05) is 30.3 Å². The largest absolute Gasteiger partial charge is 0.460 e. The molecular formula is C24H22N2O5S. The van der Waals surface area contributed by atoms with Crippen LogP contribution in [0.3, 0.4) is 0 Å². The van der Waals surface area contributed by atoms with Gasteiger partial charge in [0.1, 0.15) is 11.3 Å². The first kappa shape index (κ1) is 20.5. The molecule has 3 aromatic carbocycles. The number of rotatable bonds is 4. The number of furan rings is 1. The molecular weight excluding hydrogens is 428 g/mol. The summed E-state index contributed by atoms with van der Waals surface area (Å²) in [6.45, 7) is 3.78. The van der Waals surface area contributed by atoms with Crippen LogP contribution in [0.1, 0.15) is 30.2 Å². The Bertz CT molecular complexity index is 1500. The fourth-order valence-corrected chi connectivity index (χ4v) is 5.60. The molecule has 1 heterocycles. The standard InChI is InChI=1S/C24H22N2O5S/c1-14-7-10-23-19(11-14)20-13-21(17-5-3-4-6-18(17)24(20)31-23)25-32(29,30)16-9-8-15(2)22(12-16)26(27)28/h3-6,8-9,12-14,25H,7,10-11H2,1-2H3/t14-/m0/s1. The number of nitro benzene ring substituents is 1. The molecule has 0 aliphatic heterocycles. The second kappa shape index (κ2) is 7.34. The molecule has 0 saturated heterocycles. The number of fused-ring (bicyclic) bond motifs is 5. The highest BCUT2D eigenvalue weighted by Gasteiger charge is 2.25. The van der Waals surface area contributed by atoms with Crippen LogP contribution in [-0.4, -0.2) is 13.3 Å². The van der Waals surface area contributed by atoms with Crippen LogP contribution in [0, 0.1) is 23.0 Å². The Morgan fingerprint density at radius 3 is 2.59 bits per heavy atom. The molecule has 32 heavy (non-hydrogen) atoms. The van der Waals surface area contributed by atoms with Gasteiger partial charge in [0.05, 0.1) is 15.5 Å². The van der Waals surface area contributed by atoms with Crippen molar-refractivity contribution in [2.75, 3.05) is 4.72 Å². The Morgan fingerprint density at radius 1 is 1.09 bits per heavy atom. The van der Waals surface area contributed by atoms with E-state index in [2.05, 4.69) is 11.6 Å². The summed E-state index contributed by atoms with van der Waals surface area (Å²) in [6.07, 6.45) is 2.82. The molecule has 1 aliphatic carbocycles. The molecule has 0 amide bonds. The second-order valence-corrected chi connectivity index (χ2v) is 10.2. The SMILES string of the molecule is Cc1ccc(S(=O)(=O)Nc2cc3c4c(oc3c3ccccc23)CC[C@H](C)C4)cc1[N+](=O)[O-]. The van der Waals surface area contributed by atoms with E-state index in [0.717, 1.165) is 53.0 Å². The van der Waals surface area contributed by atoms with Gasteiger partial charge < -0.3 is 4.42 Å². The highest BCUT2D eigenvalue weighted by atomic mass is 32.2. The van der Waals surface area contributed by atoms with Gasteiger partial charge in [-0.1, -0.05) is 37.3 Å². The van der Waals surface area contributed by atoms with Crippen LogP contribution in [0.15, 0.2) is 57.8 Å². The zero-order valence-electron chi connectivity index (χ0n) is 17.7. The Balaban J connectivity index is 1.68. The maximum absolute atomic E-state index is 13.2. The molecule has 164 valence electrons. The van der Waals surface area contributed by atoms with Crippen molar-refractivity contribution in [3.63, 3.8) is 0 Å². The second-order valence-electron chi connectivity index (χ2n) is 8.51. The quantitative estimate of drug-likeness (QED) is 0.316. The Labute approximate surface area is 185 Å². The van der Waals surface area contributed by atoms with Gasteiger partial charge in [0.2, 0.25) is 0 Å². The normalized spacial score (nSPS) is 16.2. The van der Waals surface area contributed by atoms with Crippen molar-refractivity contribution >= 4 is 43.1 Å². The number of benzene rings is 3. The summed E-state index contributed by atoms with van der Waals surface area (Å²) in [7, 11) is -4.05. The van der Waals surface area contributed by atoms with Gasteiger partial charge in [-0.25, -0.2) is 8.42 Å². The molecule has 0 saturated carbocycles. The van der Waals surface area contributed by atoms with Crippen LogP contribution in [-0.2, 0) is 22.9 Å². The van der Waals surface area contributed by atoms with Gasteiger partial charge in [-0.15, -0.1) is 0 Å². The van der Waals surface area contributed by atoms with Gasteiger partial charge in [0.15, 0.2) is 0 Å². The van der Waals surface area contributed by atoms with Crippen LogP contribution >= 0.6 is 0 Å². The first-order valence-corrected chi connectivity index (χ1v) is 12.0. The van der Waals surface area contributed by atoms with Crippen LogP contribution in [0.4, 0.5) is 11.4 Å². The molecule has 4 aromatic rings. The van der Waals surface area contributed by atoms with Gasteiger partial charge in [-0.3, -0.25) is 14.8 Å². The van der Waals surface area contributed by atoms with Crippen LogP contribution in [0.25, 0.3) is 21.7 Å². The molecule has 0 fully saturated rings. The number of nitrogens with zero attached hydrogens (tertiary/aromatic N) is 1. The van der Waals surface area contributed by atoms with E-state index < -0.39 is 14.9 Å². The third-order valence-corrected chi connectivity index (χ3v) is 7.59. The van der Waals surface area contributed by atoms with Gasteiger partial charge >= 0.3 is 0 Å². The van der Waals surface area contributed by atoms with Crippen LogP contribution in [0.2, 0.25) is 0 Å². The van der Waals surface area contributed by atoms with E-state index in [4.69, 9.17) is 4.42 Å². The lowest BCUT2D eigenvalue weighted by molar-refractivity contribution is -0.385. The number of sulfonamides is 1. The Hall–Kier alpha value is -3.39. The molecule has 1 aromatic heterocycles. The molecule has 1 atom stereocenters. The highest BCUT2D eigenvalue weighted by molar-refractivity contribution is 7.92. The molecule has 7 nitrogen and oxygen atoms in total. The van der Waals surface area contributed by atoms with E-state index in [-0.39, 0.29) is 10.6 Å². The molecule has 1 N–H and O–H groups in total. The van der Waals surface area contributed by atoms with Crippen LogP contribution in [0.5, 0.6) is 0 Å². The summed E-state index contributed by atoms with van der Waals surface area (Å²) in [4.78, 5) is 10.6. The third kappa shape index (κ3) is 3.31. The Kier molecular flexibility index (Phi) is 4.70. The van der Waals surface area contributed by atoms with Crippen molar-refractivity contribution < 1.29 is 17.8 Å². The molecule has 0 unspecified atom stereocenters. The van der Waals surface area contributed by atoms with Crippen molar-refractivity contribution in [2.24, 2.45) is 5.92 Å². The number of nitro groups is 1. The van der Waals surface area contributed by atoms with Crippen molar-refractivity contribution in [1.29, 1.82) is 0 Å². The maximum Gasteiger partial charge on any atom is 0.273 e. The number of nitrogens with one attached hydrogen (secondary N) is 1. The summed E-state index contributed by atoms with van der Waals surface area (Å²) in [5, 5.41) is 13.8. The number of aryl methyl sites for hydroxylation is 2. The zero-order valence-corrected chi connectivity index (χ0v) is 18.5. The zero-order chi connectivity index (χ0) is 22.6. The third-order valence-electron chi connectivity index (χ3n) is 6.23.